The molecule has 11 aromatic rings. The highest BCUT2D eigenvalue weighted by molar-refractivity contribution is 7.24. The molecule has 0 fully saturated rings. The normalized spacial score (nSPS) is 11.3. The molecule has 0 unspecified atom stereocenters. The zero-order chi connectivity index (χ0) is 40.5. The van der Waals surface area contributed by atoms with Crippen LogP contribution in [0.4, 0.5) is 0 Å². The Bertz CT molecular complexity index is 3210. The van der Waals surface area contributed by atoms with Gasteiger partial charge >= 0.3 is 0 Å². The van der Waals surface area contributed by atoms with Crippen molar-refractivity contribution in [2.24, 2.45) is 0 Å². The predicted octanol–water partition coefficient (Wildman–Crippen LogP) is 15.6. The topological polar surface area (TPSA) is 38.7 Å². The molecule has 0 saturated carbocycles. The lowest BCUT2D eigenvalue weighted by Crippen LogP contribution is -1.96. The molecule has 8 aromatic carbocycles. The Hall–Kier alpha value is -7.79. The zero-order valence-electron chi connectivity index (χ0n) is 33.1. The summed E-state index contributed by atoms with van der Waals surface area (Å²) < 4.78 is 1.23. The predicted molar refractivity (Wildman–Crippen MR) is 256 cm³/mol. The molecule has 3 aromatic heterocycles. The molecule has 0 spiro atoms. The smallest absolute Gasteiger partial charge is 0.160 e. The molecule has 0 radical (unpaired) electrons. The first-order chi connectivity index (χ1) is 30.2. The number of hydrogen-bond acceptors (Lipinski definition) is 4. The third-order valence-electron chi connectivity index (χ3n) is 11.3. The Balaban J connectivity index is 1.10. The SMILES string of the molecule is c1ccc(-c2ccc(-c3cc(-c4cccc(-c5c(-c6ccccc6)sc6c5c(-c5ccccc5)nc5ccccc56)c4)nc(-c4ccc(-c5ccccc5)cc4)n3)cc2)cc1. The lowest BCUT2D eigenvalue weighted by Gasteiger charge is -2.13. The van der Waals surface area contributed by atoms with Gasteiger partial charge in [0.25, 0.3) is 0 Å². The third kappa shape index (κ3) is 6.99. The van der Waals surface area contributed by atoms with Gasteiger partial charge in [-0.1, -0.05) is 206 Å². The summed E-state index contributed by atoms with van der Waals surface area (Å²) >= 11 is 1.84. The molecule has 0 N–H and O–H groups in total. The summed E-state index contributed by atoms with van der Waals surface area (Å²) in [5.41, 5.74) is 15.9. The van der Waals surface area contributed by atoms with E-state index in [9.17, 15) is 0 Å². The van der Waals surface area contributed by atoms with E-state index in [2.05, 4.69) is 212 Å². The summed E-state index contributed by atoms with van der Waals surface area (Å²) in [6.07, 6.45) is 0. The van der Waals surface area contributed by atoms with Crippen molar-refractivity contribution in [1.29, 1.82) is 0 Å². The molecular formula is C57H37N3S. The molecule has 0 aliphatic rings. The molecule has 61 heavy (non-hydrogen) atoms. The number of nitrogens with zero attached hydrogens (tertiary/aromatic N) is 3. The molecular weight excluding hydrogens is 759 g/mol. The van der Waals surface area contributed by atoms with Gasteiger partial charge in [0.15, 0.2) is 5.82 Å². The first-order valence-corrected chi connectivity index (χ1v) is 21.3. The Labute approximate surface area is 359 Å². The highest BCUT2D eigenvalue weighted by atomic mass is 32.1. The summed E-state index contributed by atoms with van der Waals surface area (Å²) in [4.78, 5) is 17.1. The van der Waals surface area contributed by atoms with Gasteiger partial charge in [-0.3, -0.25) is 0 Å². The number of rotatable bonds is 8. The number of para-hydroxylation sites is 1. The second-order valence-corrected chi connectivity index (χ2v) is 16.2. The summed E-state index contributed by atoms with van der Waals surface area (Å²) in [5.74, 6) is 0.678. The lowest BCUT2D eigenvalue weighted by atomic mass is 9.93. The van der Waals surface area contributed by atoms with Gasteiger partial charge in [0.1, 0.15) is 0 Å². The van der Waals surface area contributed by atoms with E-state index in [1.165, 1.54) is 31.8 Å². The van der Waals surface area contributed by atoms with Crippen LogP contribution in [0.5, 0.6) is 0 Å². The molecule has 286 valence electrons. The highest BCUT2D eigenvalue weighted by Gasteiger charge is 2.23. The van der Waals surface area contributed by atoms with Crippen LogP contribution in [0.1, 0.15) is 0 Å². The molecule has 3 nitrogen and oxygen atoms in total. The van der Waals surface area contributed by atoms with Crippen molar-refractivity contribution in [3.8, 4) is 89.0 Å². The van der Waals surface area contributed by atoms with Gasteiger partial charge in [0.2, 0.25) is 0 Å². The number of fused-ring (bicyclic) bond motifs is 3. The Morgan fingerprint density at radius 1 is 0.311 bits per heavy atom. The van der Waals surface area contributed by atoms with E-state index < -0.39 is 0 Å². The first-order valence-electron chi connectivity index (χ1n) is 20.5. The molecule has 0 aliphatic carbocycles. The van der Waals surface area contributed by atoms with Crippen molar-refractivity contribution < 1.29 is 0 Å². The Morgan fingerprint density at radius 3 is 1.39 bits per heavy atom. The minimum absolute atomic E-state index is 0.678. The number of aromatic nitrogens is 3. The van der Waals surface area contributed by atoms with E-state index >= 15 is 0 Å². The van der Waals surface area contributed by atoms with Crippen LogP contribution in [-0.2, 0) is 0 Å². The van der Waals surface area contributed by atoms with Crippen LogP contribution in [0, 0.1) is 0 Å². The minimum Gasteiger partial charge on any atom is -0.247 e. The van der Waals surface area contributed by atoms with Crippen molar-refractivity contribution in [2.75, 3.05) is 0 Å². The summed E-state index contributed by atoms with van der Waals surface area (Å²) in [7, 11) is 0. The molecule has 0 saturated heterocycles. The first kappa shape index (κ1) is 36.3. The quantitative estimate of drug-likeness (QED) is 0.154. The molecule has 0 aliphatic heterocycles. The maximum absolute atomic E-state index is 5.37. The van der Waals surface area contributed by atoms with Crippen LogP contribution in [0.25, 0.3) is 110 Å². The summed E-state index contributed by atoms with van der Waals surface area (Å²) in [5, 5.41) is 2.32. The van der Waals surface area contributed by atoms with Gasteiger partial charge in [-0.05, 0) is 51.6 Å². The van der Waals surface area contributed by atoms with E-state index in [0.29, 0.717) is 5.82 Å². The van der Waals surface area contributed by atoms with E-state index in [-0.39, 0.29) is 0 Å². The minimum atomic E-state index is 0.678. The highest BCUT2D eigenvalue weighted by Crippen LogP contribution is 2.50. The van der Waals surface area contributed by atoms with Gasteiger partial charge in [0, 0.05) is 48.2 Å². The summed E-state index contributed by atoms with van der Waals surface area (Å²) in [6, 6.07) is 79.0. The Morgan fingerprint density at radius 2 is 0.770 bits per heavy atom. The van der Waals surface area contributed by atoms with Gasteiger partial charge in [-0.25, -0.2) is 15.0 Å². The number of pyridine rings is 1. The molecule has 0 atom stereocenters. The number of thiophene rings is 1. The van der Waals surface area contributed by atoms with Gasteiger partial charge in [0.05, 0.1) is 22.6 Å². The van der Waals surface area contributed by atoms with Crippen molar-refractivity contribution in [3.63, 3.8) is 0 Å². The van der Waals surface area contributed by atoms with Crippen LogP contribution in [-0.4, -0.2) is 15.0 Å². The molecule has 11 rings (SSSR count). The average molecular weight is 796 g/mol. The van der Waals surface area contributed by atoms with E-state index in [1.807, 2.05) is 23.5 Å². The van der Waals surface area contributed by atoms with Gasteiger partial charge in [-0.2, -0.15) is 0 Å². The van der Waals surface area contributed by atoms with E-state index in [0.717, 1.165) is 72.3 Å². The van der Waals surface area contributed by atoms with Crippen LogP contribution < -0.4 is 0 Å². The molecule has 3 heterocycles. The second-order valence-electron chi connectivity index (χ2n) is 15.1. The van der Waals surface area contributed by atoms with Crippen molar-refractivity contribution >= 4 is 32.3 Å². The van der Waals surface area contributed by atoms with E-state index in [1.54, 1.807) is 0 Å². The average Bonchev–Trinajstić information content (AvgIpc) is 3.76. The fourth-order valence-corrected chi connectivity index (χ4v) is 9.64. The van der Waals surface area contributed by atoms with E-state index in [4.69, 9.17) is 15.0 Å². The van der Waals surface area contributed by atoms with Crippen molar-refractivity contribution in [2.45, 2.75) is 0 Å². The molecule has 0 bridgehead atoms. The second kappa shape index (κ2) is 15.8. The third-order valence-corrected chi connectivity index (χ3v) is 12.6. The summed E-state index contributed by atoms with van der Waals surface area (Å²) in [6.45, 7) is 0. The zero-order valence-corrected chi connectivity index (χ0v) is 33.9. The number of benzene rings is 8. The standard InChI is InChI=1S/C57H37N3S/c1-5-16-38(17-6-1)40-28-32-42(33-29-40)50-37-51(60-57(59-50)45-34-30-41(31-35-45)39-18-7-2-8-19-39)46-24-15-25-47(36-46)52-53-54(43-20-9-3-10-21-43)58-49-27-14-13-26-48(49)56(53)61-55(52)44-22-11-4-12-23-44/h1-37H. The van der Waals surface area contributed by atoms with Crippen LogP contribution in [0.2, 0.25) is 0 Å². The largest absolute Gasteiger partial charge is 0.247 e. The van der Waals surface area contributed by atoms with Crippen LogP contribution in [0.15, 0.2) is 224 Å². The van der Waals surface area contributed by atoms with Crippen molar-refractivity contribution in [1.82, 2.24) is 15.0 Å². The Kier molecular flexibility index (Phi) is 9.38. The van der Waals surface area contributed by atoms with Crippen LogP contribution >= 0.6 is 11.3 Å². The van der Waals surface area contributed by atoms with Crippen molar-refractivity contribution in [3.05, 3.63) is 224 Å². The maximum atomic E-state index is 5.37. The number of hydrogen-bond donors (Lipinski definition) is 0. The molecule has 4 heteroatoms. The fraction of sp³-hybridized carbons (Fsp3) is 0. The maximum Gasteiger partial charge on any atom is 0.160 e. The van der Waals surface area contributed by atoms with Gasteiger partial charge in [-0.15, -0.1) is 11.3 Å². The monoisotopic (exact) mass is 795 g/mol. The van der Waals surface area contributed by atoms with Crippen LogP contribution in [0.3, 0.4) is 0 Å². The van der Waals surface area contributed by atoms with Gasteiger partial charge < -0.3 is 0 Å². The molecule has 0 amide bonds. The lowest BCUT2D eigenvalue weighted by molar-refractivity contribution is 1.18. The fourth-order valence-electron chi connectivity index (χ4n) is 8.27.